The maximum Gasteiger partial charge on any atom is 0.255 e. The lowest BCUT2D eigenvalue weighted by Crippen LogP contribution is -2.46. The quantitative estimate of drug-likeness (QED) is 0.701. The van der Waals surface area contributed by atoms with E-state index in [0.717, 1.165) is 31.5 Å². The van der Waals surface area contributed by atoms with E-state index in [-0.39, 0.29) is 17.4 Å². The van der Waals surface area contributed by atoms with Crippen molar-refractivity contribution in [1.82, 2.24) is 10.2 Å². The molecular formula is C25H28N2O3. The largest absolute Gasteiger partial charge is 0.455 e. The summed E-state index contributed by atoms with van der Waals surface area (Å²) in [6.07, 6.45) is 1.85. The normalized spacial score (nSPS) is 15.6. The molecule has 0 bridgehead atoms. The highest BCUT2D eigenvalue weighted by Crippen LogP contribution is 2.27. The molecule has 156 valence electrons. The summed E-state index contributed by atoms with van der Waals surface area (Å²) in [7, 11) is 0. The number of likely N-dealkylation sites (tertiary alicyclic amines) is 1. The van der Waals surface area contributed by atoms with Gasteiger partial charge in [-0.3, -0.25) is 9.59 Å². The summed E-state index contributed by atoms with van der Waals surface area (Å²) in [5.41, 5.74) is 2.03. The lowest BCUT2D eigenvalue weighted by molar-refractivity contribution is 0.0901. The highest BCUT2D eigenvalue weighted by atomic mass is 16.3. The van der Waals surface area contributed by atoms with Gasteiger partial charge in [-0.25, -0.2) is 0 Å². The van der Waals surface area contributed by atoms with Crippen LogP contribution in [-0.4, -0.2) is 36.0 Å². The van der Waals surface area contributed by atoms with Crippen molar-refractivity contribution in [2.24, 2.45) is 0 Å². The van der Waals surface area contributed by atoms with Gasteiger partial charge in [0.15, 0.2) is 11.0 Å². The van der Waals surface area contributed by atoms with Crippen LogP contribution in [0.2, 0.25) is 0 Å². The second kappa shape index (κ2) is 8.44. The van der Waals surface area contributed by atoms with Gasteiger partial charge in [0.25, 0.3) is 5.91 Å². The predicted octanol–water partition coefficient (Wildman–Crippen LogP) is 4.37. The van der Waals surface area contributed by atoms with Crippen molar-refractivity contribution in [3.63, 3.8) is 0 Å². The molecule has 4 rings (SSSR count). The smallest absolute Gasteiger partial charge is 0.255 e. The molecule has 1 aromatic heterocycles. The number of carbonyl (C=O) groups excluding carboxylic acids is 1. The summed E-state index contributed by atoms with van der Waals surface area (Å²) < 4.78 is 6.18. The fourth-order valence-electron chi connectivity index (χ4n) is 4.18. The minimum Gasteiger partial charge on any atom is -0.455 e. The van der Waals surface area contributed by atoms with E-state index in [9.17, 15) is 9.59 Å². The number of carbonyl (C=O) groups is 1. The summed E-state index contributed by atoms with van der Waals surface area (Å²) in [6.45, 7) is 8.12. The zero-order valence-corrected chi connectivity index (χ0v) is 17.8. The third kappa shape index (κ3) is 3.90. The molecule has 1 fully saturated rings. The Bertz CT molecular complexity index is 1110. The molecule has 5 heteroatoms. The average Bonchev–Trinajstić information content (AvgIpc) is 2.76. The van der Waals surface area contributed by atoms with Crippen LogP contribution in [0, 0.1) is 6.92 Å². The Morgan fingerprint density at radius 3 is 2.43 bits per heavy atom. The second-order valence-corrected chi connectivity index (χ2v) is 8.31. The Balaban J connectivity index is 1.67. The molecule has 1 aliphatic rings. The molecule has 1 aliphatic heterocycles. The summed E-state index contributed by atoms with van der Waals surface area (Å²) in [6, 6.07) is 15.4. The van der Waals surface area contributed by atoms with Gasteiger partial charge < -0.3 is 14.6 Å². The van der Waals surface area contributed by atoms with Gasteiger partial charge in [-0.1, -0.05) is 36.4 Å². The Morgan fingerprint density at radius 2 is 1.77 bits per heavy atom. The zero-order valence-electron chi connectivity index (χ0n) is 17.8. The van der Waals surface area contributed by atoms with E-state index in [1.54, 1.807) is 25.1 Å². The summed E-state index contributed by atoms with van der Waals surface area (Å²) in [5.74, 6) is 0.327. The number of nitrogens with one attached hydrogen (secondary N) is 1. The van der Waals surface area contributed by atoms with Gasteiger partial charge in [0.2, 0.25) is 0 Å². The van der Waals surface area contributed by atoms with E-state index >= 15 is 0 Å². The van der Waals surface area contributed by atoms with E-state index in [1.165, 1.54) is 0 Å². The molecule has 0 spiro atoms. The third-order valence-electron chi connectivity index (χ3n) is 6.02. The van der Waals surface area contributed by atoms with Crippen molar-refractivity contribution in [2.45, 2.75) is 45.7 Å². The Hall–Kier alpha value is -2.92. The fraction of sp³-hybridized carbons (Fsp3) is 0.360. The lowest BCUT2D eigenvalue weighted by atomic mass is 10.0. The van der Waals surface area contributed by atoms with E-state index < -0.39 is 0 Å². The molecule has 0 radical (unpaired) electrons. The van der Waals surface area contributed by atoms with E-state index in [0.29, 0.717) is 33.9 Å². The molecule has 0 aliphatic carbocycles. The van der Waals surface area contributed by atoms with Gasteiger partial charge in [-0.05, 0) is 45.7 Å². The standard InChI is InChI=1S/C25H28N2O3/c1-16(2)27-14-12-19(13-15-27)26-25(29)21-11-7-10-20-22(28)17(3)23(30-24(20)21)18-8-5-4-6-9-18/h4-11,16,19H,12-15H2,1-3H3,(H,26,29). The van der Waals surface area contributed by atoms with Crippen molar-refractivity contribution in [3.05, 3.63) is 69.9 Å². The fourth-order valence-corrected chi connectivity index (χ4v) is 4.18. The molecular weight excluding hydrogens is 376 g/mol. The van der Waals surface area contributed by atoms with Crippen molar-refractivity contribution < 1.29 is 9.21 Å². The van der Waals surface area contributed by atoms with E-state index in [2.05, 4.69) is 24.1 Å². The highest BCUT2D eigenvalue weighted by Gasteiger charge is 2.24. The number of hydrogen-bond donors (Lipinski definition) is 1. The van der Waals surface area contributed by atoms with E-state index in [1.807, 2.05) is 30.3 Å². The molecule has 30 heavy (non-hydrogen) atoms. The number of piperidine rings is 1. The minimum absolute atomic E-state index is 0.102. The van der Waals surface area contributed by atoms with Crippen LogP contribution < -0.4 is 10.7 Å². The molecule has 1 N–H and O–H groups in total. The first kappa shape index (κ1) is 20.4. The van der Waals surface area contributed by atoms with Crippen molar-refractivity contribution in [2.75, 3.05) is 13.1 Å². The predicted molar refractivity (Wildman–Crippen MR) is 120 cm³/mol. The molecule has 1 amide bonds. The van der Waals surface area contributed by atoms with Gasteiger partial charge >= 0.3 is 0 Å². The molecule has 0 unspecified atom stereocenters. The topological polar surface area (TPSA) is 62.6 Å². The minimum atomic E-state index is -0.186. The Kier molecular flexibility index (Phi) is 5.73. The second-order valence-electron chi connectivity index (χ2n) is 8.31. The number of hydrogen-bond acceptors (Lipinski definition) is 4. The number of fused-ring (bicyclic) bond motifs is 1. The number of rotatable bonds is 4. The lowest BCUT2D eigenvalue weighted by Gasteiger charge is -2.34. The monoisotopic (exact) mass is 404 g/mol. The molecule has 1 saturated heterocycles. The van der Waals surface area contributed by atoms with Crippen LogP contribution in [0.3, 0.4) is 0 Å². The summed E-state index contributed by atoms with van der Waals surface area (Å²) >= 11 is 0. The van der Waals surface area contributed by atoms with Crippen molar-refractivity contribution in [3.8, 4) is 11.3 Å². The van der Waals surface area contributed by atoms with Crippen LogP contribution in [0.1, 0.15) is 42.6 Å². The van der Waals surface area contributed by atoms with Crippen molar-refractivity contribution >= 4 is 16.9 Å². The molecule has 2 heterocycles. The number of nitrogens with zero attached hydrogens (tertiary/aromatic N) is 1. The number of para-hydroxylation sites is 1. The number of amides is 1. The van der Waals surface area contributed by atoms with Crippen LogP contribution in [0.25, 0.3) is 22.3 Å². The van der Waals surface area contributed by atoms with Crippen LogP contribution >= 0.6 is 0 Å². The Morgan fingerprint density at radius 1 is 1.07 bits per heavy atom. The van der Waals surface area contributed by atoms with Gasteiger partial charge in [0, 0.05) is 36.3 Å². The molecule has 0 saturated carbocycles. The van der Waals surface area contributed by atoms with Crippen LogP contribution in [0.4, 0.5) is 0 Å². The summed E-state index contributed by atoms with van der Waals surface area (Å²) in [5, 5.41) is 3.59. The molecule has 3 aromatic rings. The zero-order chi connectivity index (χ0) is 21.3. The van der Waals surface area contributed by atoms with Crippen LogP contribution in [0.5, 0.6) is 0 Å². The maximum absolute atomic E-state index is 13.1. The van der Waals surface area contributed by atoms with Gasteiger partial charge in [0.05, 0.1) is 10.9 Å². The van der Waals surface area contributed by atoms with Gasteiger partial charge in [-0.2, -0.15) is 0 Å². The van der Waals surface area contributed by atoms with Gasteiger partial charge in [0.1, 0.15) is 5.76 Å². The van der Waals surface area contributed by atoms with E-state index in [4.69, 9.17) is 4.42 Å². The van der Waals surface area contributed by atoms with Gasteiger partial charge in [-0.15, -0.1) is 0 Å². The van der Waals surface area contributed by atoms with Crippen LogP contribution in [-0.2, 0) is 0 Å². The first-order valence-corrected chi connectivity index (χ1v) is 10.6. The molecule has 5 nitrogen and oxygen atoms in total. The molecule has 0 atom stereocenters. The first-order chi connectivity index (χ1) is 14.5. The first-order valence-electron chi connectivity index (χ1n) is 10.6. The maximum atomic E-state index is 13.1. The SMILES string of the molecule is Cc1c(-c2ccccc2)oc2c(C(=O)NC3CCN(C(C)C)CC3)cccc2c1=O. The highest BCUT2D eigenvalue weighted by molar-refractivity contribution is 6.05. The Labute approximate surface area is 176 Å². The summed E-state index contributed by atoms with van der Waals surface area (Å²) in [4.78, 5) is 28.5. The average molecular weight is 405 g/mol. The van der Waals surface area contributed by atoms with Crippen LogP contribution in [0.15, 0.2) is 57.7 Å². The molecule has 2 aromatic carbocycles. The number of benzene rings is 2. The third-order valence-corrected chi connectivity index (χ3v) is 6.02. The van der Waals surface area contributed by atoms with Crippen molar-refractivity contribution in [1.29, 1.82) is 0 Å².